The highest BCUT2D eigenvalue weighted by Crippen LogP contribution is 2.35. The summed E-state index contributed by atoms with van der Waals surface area (Å²) < 4.78 is 11.1. The number of fused-ring (bicyclic) bond motifs is 1. The second-order valence-corrected chi connectivity index (χ2v) is 7.57. The molecule has 1 fully saturated rings. The molecule has 1 saturated heterocycles. The molecule has 5 heteroatoms. The van der Waals surface area contributed by atoms with Gasteiger partial charge in [-0.15, -0.1) is 0 Å². The van der Waals surface area contributed by atoms with Gasteiger partial charge in [0.1, 0.15) is 5.75 Å². The second kappa shape index (κ2) is 7.97. The maximum Gasteiger partial charge on any atom is 0.189 e. The monoisotopic (exact) mass is 373 g/mol. The lowest BCUT2D eigenvalue weighted by Gasteiger charge is -2.35. The number of likely N-dealkylation sites (tertiary alicyclic amines) is 1. The van der Waals surface area contributed by atoms with Gasteiger partial charge in [0.05, 0.1) is 12.7 Å². The SMILES string of the molecule is OC(c1ccccc1)C1CCN(Cc2cc(Cl)cc3c2OCOC3)CC1. The molecule has 0 radical (unpaired) electrons. The summed E-state index contributed by atoms with van der Waals surface area (Å²) in [6.45, 7) is 3.59. The highest BCUT2D eigenvalue weighted by molar-refractivity contribution is 6.30. The van der Waals surface area contributed by atoms with Gasteiger partial charge in [-0.2, -0.15) is 0 Å². The Hall–Kier alpha value is -1.59. The number of ether oxygens (including phenoxy) is 2. The molecule has 0 aromatic heterocycles. The molecule has 26 heavy (non-hydrogen) atoms. The fraction of sp³-hybridized carbons (Fsp3) is 0.429. The number of benzene rings is 2. The molecule has 0 saturated carbocycles. The van der Waals surface area contributed by atoms with Crippen molar-refractivity contribution in [3.8, 4) is 5.75 Å². The standard InChI is InChI=1S/C21H24ClNO3/c22-19-10-17(21-18(11-19)13-25-14-26-21)12-23-8-6-16(7-9-23)20(24)15-4-2-1-3-5-15/h1-5,10-11,16,20,24H,6-9,12-14H2. The van der Waals surface area contributed by atoms with Crippen molar-refractivity contribution in [1.29, 1.82) is 0 Å². The lowest BCUT2D eigenvalue weighted by molar-refractivity contribution is -0.0177. The van der Waals surface area contributed by atoms with Gasteiger partial charge in [-0.05, 0) is 49.5 Å². The molecule has 0 aliphatic carbocycles. The summed E-state index contributed by atoms with van der Waals surface area (Å²) in [5, 5.41) is 11.4. The summed E-state index contributed by atoms with van der Waals surface area (Å²) in [4.78, 5) is 2.42. The number of piperidine rings is 1. The third kappa shape index (κ3) is 3.89. The van der Waals surface area contributed by atoms with E-state index in [1.807, 2.05) is 42.5 Å². The van der Waals surface area contributed by atoms with Crippen molar-refractivity contribution in [2.45, 2.75) is 32.1 Å². The Labute approximate surface area is 159 Å². The normalized spacial score (nSPS) is 19.6. The van der Waals surface area contributed by atoms with E-state index in [1.54, 1.807) is 0 Å². The first kappa shape index (κ1) is 17.8. The van der Waals surface area contributed by atoms with Crippen LogP contribution in [0.25, 0.3) is 0 Å². The molecule has 0 spiro atoms. The van der Waals surface area contributed by atoms with Gasteiger partial charge in [0, 0.05) is 22.7 Å². The minimum Gasteiger partial charge on any atom is -0.467 e. The Balaban J connectivity index is 1.39. The third-order valence-electron chi connectivity index (χ3n) is 5.37. The van der Waals surface area contributed by atoms with E-state index in [0.29, 0.717) is 19.3 Å². The Morgan fingerprint density at radius 2 is 1.92 bits per heavy atom. The zero-order chi connectivity index (χ0) is 17.9. The van der Waals surface area contributed by atoms with E-state index in [1.165, 1.54) is 0 Å². The summed E-state index contributed by atoms with van der Waals surface area (Å²) in [5.74, 6) is 1.23. The lowest BCUT2D eigenvalue weighted by Crippen LogP contribution is -2.35. The van der Waals surface area contributed by atoms with Crippen LogP contribution in [-0.2, 0) is 17.9 Å². The van der Waals surface area contributed by atoms with Gasteiger partial charge in [-0.1, -0.05) is 41.9 Å². The highest BCUT2D eigenvalue weighted by Gasteiger charge is 2.27. The number of nitrogens with zero attached hydrogens (tertiary/aromatic N) is 1. The molecule has 4 nitrogen and oxygen atoms in total. The molecular weight excluding hydrogens is 350 g/mol. The summed E-state index contributed by atoms with van der Waals surface area (Å²) >= 11 is 6.27. The van der Waals surface area contributed by atoms with E-state index in [4.69, 9.17) is 21.1 Å². The quantitative estimate of drug-likeness (QED) is 0.874. The molecule has 0 bridgehead atoms. The lowest BCUT2D eigenvalue weighted by atomic mass is 9.87. The van der Waals surface area contributed by atoms with Gasteiger partial charge < -0.3 is 14.6 Å². The van der Waals surface area contributed by atoms with Crippen LogP contribution < -0.4 is 4.74 Å². The van der Waals surface area contributed by atoms with Crippen molar-refractivity contribution in [2.75, 3.05) is 19.9 Å². The minimum absolute atomic E-state index is 0.299. The molecule has 1 N–H and O–H groups in total. The average Bonchev–Trinajstić information content (AvgIpc) is 2.68. The Morgan fingerprint density at radius 3 is 2.69 bits per heavy atom. The van der Waals surface area contributed by atoms with Gasteiger partial charge in [0.15, 0.2) is 6.79 Å². The molecule has 2 aliphatic heterocycles. The van der Waals surface area contributed by atoms with E-state index in [9.17, 15) is 5.11 Å². The average molecular weight is 374 g/mol. The highest BCUT2D eigenvalue weighted by atomic mass is 35.5. The van der Waals surface area contributed by atoms with E-state index in [2.05, 4.69) is 4.90 Å². The third-order valence-corrected chi connectivity index (χ3v) is 5.58. The molecule has 1 atom stereocenters. The number of aliphatic hydroxyl groups is 1. The first-order chi connectivity index (χ1) is 12.7. The van der Waals surface area contributed by atoms with Crippen LogP contribution in [0, 0.1) is 5.92 Å². The zero-order valence-electron chi connectivity index (χ0n) is 14.7. The maximum absolute atomic E-state index is 10.6. The Bertz CT molecular complexity index is 744. The van der Waals surface area contributed by atoms with Crippen molar-refractivity contribution in [1.82, 2.24) is 4.90 Å². The van der Waals surface area contributed by atoms with Gasteiger partial charge in [-0.3, -0.25) is 4.90 Å². The number of aliphatic hydroxyl groups excluding tert-OH is 1. The molecule has 1 unspecified atom stereocenters. The Kier molecular flexibility index (Phi) is 5.46. The molecule has 4 rings (SSSR count). The summed E-state index contributed by atoms with van der Waals surface area (Å²) in [5.41, 5.74) is 3.16. The van der Waals surface area contributed by atoms with Crippen molar-refractivity contribution in [3.05, 3.63) is 64.2 Å². The Morgan fingerprint density at radius 1 is 1.15 bits per heavy atom. The van der Waals surface area contributed by atoms with Crippen molar-refractivity contribution in [3.63, 3.8) is 0 Å². The molecule has 0 amide bonds. The van der Waals surface area contributed by atoms with Crippen LogP contribution in [0.3, 0.4) is 0 Å². The van der Waals surface area contributed by atoms with Crippen LogP contribution >= 0.6 is 11.6 Å². The van der Waals surface area contributed by atoms with E-state index in [-0.39, 0.29) is 6.10 Å². The number of halogens is 1. The second-order valence-electron chi connectivity index (χ2n) is 7.13. The zero-order valence-corrected chi connectivity index (χ0v) is 15.5. The first-order valence-corrected chi connectivity index (χ1v) is 9.55. The fourth-order valence-corrected chi connectivity index (χ4v) is 4.23. The molecule has 2 aliphatic rings. The topological polar surface area (TPSA) is 41.9 Å². The van der Waals surface area contributed by atoms with Gasteiger partial charge in [0.2, 0.25) is 0 Å². The number of hydrogen-bond donors (Lipinski definition) is 1. The van der Waals surface area contributed by atoms with Crippen molar-refractivity contribution >= 4 is 11.6 Å². The summed E-state index contributed by atoms with van der Waals surface area (Å²) in [6, 6.07) is 13.9. The molecular formula is C21H24ClNO3. The van der Waals surface area contributed by atoms with Gasteiger partial charge in [-0.25, -0.2) is 0 Å². The summed E-state index contributed by atoms with van der Waals surface area (Å²) in [7, 11) is 0. The van der Waals surface area contributed by atoms with Crippen LogP contribution in [0.1, 0.15) is 35.6 Å². The molecule has 2 heterocycles. The summed E-state index contributed by atoms with van der Waals surface area (Å²) in [6.07, 6.45) is 1.60. The van der Waals surface area contributed by atoms with Crippen LogP contribution in [-0.4, -0.2) is 29.9 Å². The van der Waals surface area contributed by atoms with Crippen LogP contribution in [0.15, 0.2) is 42.5 Å². The minimum atomic E-state index is -0.377. The smallest absolute Gasteiger partial charge is 0.189 e. The van der Waals surface area contributed by atoms with E-state index < -0.39 is 0 Å². The van der Waals surface area contributed by atoms with Gasteiger partial charge in [0.25, 0.3) is 0 Å². The number of rotatable bonds is 4. The van der Waals surface area contributed by atoms with Crippen LogP contribution in [0.5, 0.6) is 5.75 Å². The number of hydrogen-bond acceptors (Lipinski definition) is 4. The van der Waals surface area contributed by atoms with E-state index in [0.717, 1.165) is 59.9 Å². The van der Waals surface area contributed by atoms with Crippen LogP contribution in [0.4, 0.5) is 0 Å². The fourth-order valence-electron chi connectivity index (χ4n) is 3.96. The first-order valence-electron chi connectivity index (χ1n) is 9.18. The maximum atomic E-state index is 10.6. The molecule has 2 aromatic rings. The van der Waals surface area contributed by atoms with E-state index >= 15 is 0 Å². The van der Waals surface area contributed by atoms with Crippen molar-refractivity contribution < 1.29 is 14.6 Å². The molecule has 2 aromatic carbocycles. The molecule has 138 valence electrons. The van der Waals surface area contributed by atoms with Gasteiger partial charge >= 0.3 is 0 Å². The van der Waals surface area contributed by atoms with Crippen molar-refractivity contribution in [2.24, 2.45) is 5.92 Å². The predicted octanol–water partition coefficient (Wildman–Crippen LogP) is 4.15. The van der Waals surface area contributed by atoms with Crippen LogP contribution in [0.2, 0.25) is 5.02 Å². The predicted molar refractivity (Wildman–Crippen MR) is 101 cm³/mol. The largest absolute Gasteiger partial charge is 0.467 e.